The van der Waals surface area contributed by atoms with E-state index in [1.54, 1.807) is 7.11 Å². The first-order valence-corrected chi connectivity index (χ1v) is 5.84. The van der Waals surface area contributed by atoms with E-state index in [0.29, 0.717) is 0 Å². The van der Waals surface area contributed by atoms with Gasteiger partial charge in [0.05, 0.1) is 12.8 Å². The molecule has 0 fully saturated rings. The summed E-state index contributed by atoms with van der Waals surface area (Å²) < 4.78 is 5.25. The number of H-pyrrole nitrogens is 1. The van der Waals surface area contributed by atoms with E-state index in [1.807, 2.05) is 18.2 Å². The van der Waals surface area contributed by atoms with Crippen LogP contribution in [0.5, 0.6) is 5.75 Å². The highest BCUT2D eigenvalue weighted by Gasteiger charge is 2.17. The van der Waals surface area contributed by atoms with Crippen molar-refractivity contribution in [2.45, 2.75) is 12.8 Å². The molecule has 0 radical (unpaired) electrons. The number of aromatic nitrogens is 2. The minimum absolute atomic E-state index is 0.870. The second-order valence-corrected chi connectivity index (χ2v) is 4.19. The summed E-state index contributed by atoms with van der Waals surface area (Å²) in [5.41, 5.74) is 3.51. The molecule has 88 valence electrons. The predicted molar refractivity (Wildman–Crippen MR) is 67.4 cm³/mol. The first-order chi connectivity index (χ1) is 8.38. The molecule has 0 spiro atoms. The van der Waals surface area contributed by atoms with Crippen LogP contribution in [0.2, 0.25) is 0 Å². The Labute approximate surface area is 100 Å². The first-order valence-electron chi connectivity index (χ1n) is 5.84. The van der Waals surface area contributed by atoms with Crippen LogP contribution in [-0.2, 0) is 6.42 Å². The molecule has 2 N–H and O–H groups in total. The van der Waals surface area contributed by atoms with Gasteiger partial charge < -0.3 is 10.1 Å². The zero-order valence-corrected chi connectivity index (χ0v) is 9.79. The fraction of sp³-hybridized carbons (Fsp3) is 0.308. The van der Waals surface area contributed by atoms with E-state index in [2.05, 4.69) is 21.6 Å². The van der Waals surface area contributed by atoms with E-state index in [-0.39, 0.29) is 0 Å². The van der Waals surface area contributed by atoms with Gasteiger partial charge in [-0.25, -0.2) is 0 Å². The Hall–Kier alpha value is -1.97. The van der Waals surface area contributed by atoms with Crippen molar-refractivity contribution >= 4 is 5.82 Å². The Balaban J connectivity index is 2.05. The summed E-state index contributed by atoms with van der Waals surface area (Å²) in [6.45, 7) is 1.01. The standard InChI is InChI=1S/C13H15N3O/c1-17-10-5-2-4-9(8-10)12-11-6-3-7-14-13(11)16-15-12/h2,4-5,8H,3,6-7H2,1H3,(H2,14,15,16). The SMILES string of the molecule is COc1cccc(-c2[nH]nc3c2CCCN3)c1. The largest absolute Gasteiger partial charge is 0.497 e. The van der Waals surface area contributed by atoms with Crippen LogP contribution in [0.1, 0.15) is 12.0 Å². The van der Waals surface area contributed by atoms with Crippen LogP contribution in [0.3, 0.4) is 0 Å². The number of nitrogens with zero attached hydrogens (tertiary/aromatic N) is 1. The van der Waals surface area contributed by atoms with Crippen LogP contribution in [0.15, 0.2) is 24.3 Å². The van der Waals surface area contributed by atoms with E-state index in [1.165, 1.54) is 5.56 Å². The molecular weight excluding hydrogens is 214 g/mol. The molecule has 1 aliphatic rings. The van der Waals surface area contributed by atoms with E-state index in [9.17, 15) is 0 Å². The number of aromatic amines is 1. The number of rotatable bonds is 2. The number of ether oxygens (including phenoxy) is 1. The molecule has 2 aromatic rings. The molecule has 4 heteroatoms. The van der Waals surface area contributed by atoms with Crippen LogP contribution >= 0.6 is 0 Å². The quantitative estimate of drug-likeness (QED) is 0.831. The summed E-state index contributed by atoms with van der Waals surface area (Å²) in [5, 5.41) is 10.7. The van der Waals surface area contributed by atoms with Gasteiger partial charge in [0.15, 0.2) is 5.82 Å². The molecule has 0 saturated carbocycles. The van der Waals surface area contributed by atoms with Crippen LogP contribution in [0, 0.1) is 0 Å². The van der Waals surface area contributed by atoms with Crippen molar-refractivity contribution in [1.82, 2.24) is 10.2 Å². The number of methoxy groups -OCH3 is 1. The average molecular weight is 229 g/mol. The zero-order valence-electron chi connectivity index (χ0n) is 9.79. The molecule has 2 heterocycles. The second-order valence-electron chi connectivity index (χ2n) is 4.19. The maximum absolute atomic E-state index is 5.25. The number of anilines is 1. The highest BCUT2D eigenvalue weighted by Crippen LogP contribution is 2.31. The Kier molecular flexibility index (Phi) is 2.48. The molecule has 1 aromatic carbocycles. The molecule has 0 atom stereocenters. The molecule has 0 saturated heterocycles. The first kappa shape index (κ1) is 10.2. The Bertz CT molecular complexity index is 533. The van der Waals surface area contributed by atoms with Crippen LogP contribution in [0.25, 0.3) is 11.3 Å². The van der Waals surface area contributed by atoms with Crippen molar-refractivity contribution in [2.24, 2.45) is 0 Å². The Morgan fingerprint density at radius 2 is 2.29 bits per heavy atom. The summed E-state index contributed by atoms with van der Waals surface area (Å²) >= 11 is 0. The van der Waals surface area contributed by atoms with Gasteiger partial charge >= 0.3 is 0 Å². The number of benzene rings is 1. The second kappa shape index (κ2) is 4.13. The molecule has 4 nitrogen and oxygen atoms in total. The third-order valence-electron chi connectivity index (χ3n) is 3.12. The van der Waals surface area contributed by atoms with Gasteiger partial charge in [-0.3, -0.25) is 5.10 Å². The zero-order chi connectivity index (χ0) is 11.7. The highest BCUT2D eigenvalue weighted by atomic mass is 16.5. The lowest BCUT2D eigenvalue weighted by atomic mass is 10.0. The maximum atomic E-state index is 5.25. The average Bonchev–Trinajstić information content (AvgIpc) is 2.82. The lowest BCUT2D eigenvalue weighted by Crippen LogP contribution is -2.10. The van der Waals surface area contributed by atoms with E-state index in [0.717, 1.165) is 42.2 Å². The molecule has 0 bridgehead atoms. The van der Waals surface area contributed by atoms with Gasteiger partial charge in [-0.1, -0.05) is 12.1 Å². The van der Waals surface area contributed by atoms with Crippen LogP contribution in [0.4, 0.5) is 5.82 Å². The molecular formula is C13H15N3O. The summed E-state index contributed by atoms with van der Waals surface area (Å²) in [4.78, 5) is 0. The lowest BCUT2D eigenvalue weighted by molar-refractivity contribution is 0.415. The molecule has 1 aromatic heterocycles. The fourth-order valence-corrected chi connectivity index (χ4v) is 2.24. The van der Waals surface area contributed by atoms with Gasteiger partial charge in [-0.2, -0.15) is 5.10 Å². The topological polar surface area (TPSA) is 49.9 Å². The number of nitrogens with one attached hydrogen (secondary N) is 2. The monoisotopic (exact) mass is 229 g/mol. The van der Waals surface area contributed by atoms with Gasteiger partial charge in [-0.05, 0) is 25.0 Å². The van der Waals surface area contributed by atoms with Crippen molar-refractivity contribution in [3.05, 3.63) is 29.8 Å². The molecule has 3 rings (SSSR count). The smallest absolute Gasteiger partial charge is 0.151 e. The summed E-state index contributed by atoms with van der Waals surface area (Å²) in [5.74, 6) is 1.86. The summed E-state index contributed by atoms with van der Waals surface area (Å²) in [7, 11) is 1.68. The van der Waals surface area contributed by atoms with Gasteiger partial charge in [0.2, 0.25) is 0 Å². The molecule has 17 heavy (non-hydrogen) atoms. The Morgan fingerprint density at radius 3 is 3.18 bits per heavy atom. The highest BCUT2D eigenvalue weighted by molar-refractivity contribution is 5.70. The minimum Gasteiger partial charge on any atom is -0.497 e. The van der Waals surface area contributed by atoms with Crippen molar-refractivity contribution < 1.29 is 4.74 Å². The number of hydrogen-bond donors (Lipinski definition) is 2. The van der Waals surface area contributed by atoms with E-state index in [4.69, 9.17) is 4.74 Å². The van der Waals surface area contributed by atoms with Gasteiger partial charge in [0.25, 0.3) is 0 Å². The predicted octanol–water partition coefficient (Wildman–Crippen LogP) is 2.44. The van der Waals surface area contributed by atoms with Gasteiger partial charge in [0, 0.05) is 17.7 Å². The fourth-order valence-electron chi connectivity index (χ4n) is 2.24. The number of hydrogen-bond acceptors (Lipinski definition) is 3. The van der Waals surface area contributed by atoms with Gasteiger partial charge in [0.1, 0.15) is 5.75 Å². The van der Waals surface area contributed by atoms with Crippen LogP contribution < -0.4 is 10.1 Å². The summed E-state index contributed by atoms with van der Waals surface area (Å²) in [6, 6.07) is 8.05. The van der Waals surface area contributed by atoms with E-state index >= 15 is 0 Å². The minimum atomic E-state index is 0.870. The van der Waals surface area contributed by atoms with Crippen molar-refractivity contribution in [3.8, 4) is 17.0 Å². The van der Waals surface area contributed by atoms with Gasteiger partial charge in [-0.15, -0.1) is 0 Å². The van der Waals surface area contributed by atoms with Crippen molar-refractivity contribution in [3.63, 3.8) is 0 Å². The maximum Gasteiger partial charge on any atom is 0.151 e. The summed E-state index contributed by atoms with van der Waals surface area (Å²) in [6.07, 6.45) is 2.23. The third kappa shape index (κ3) is 1.75. The number of fused-ring (bicyclic) bond motifs is 1. The molecule has 0 aliphatic carbocycles. The van der Waals surface area contributed by atoms with Crippen molar-refractivity contribution in [2.75, 3.05) is 19.0 Å². The van der Waals surface area contributed by atoms with Crippen LogP contribution in [-0.4, -0.2) is 23.9 Å². The lowest BCUT2D eigenvalue weighted by Gasteiger charge is -2.13. The molecule has 0 unspecified atom stereocenters. The Morgan fingerprint density at radius 1 is 1.35 bits per heavy atom. The van der Waals surface area contributed by atoms with Crippen molar-refractivity contribution in [1.29, 1.82) is 0 Å². The third-order valence-corrected chi connectivity index (χ3v) is 3.12. The molecule has 1 aliphatic heterocycles. The molecule has 0 amide bonds. The normalized spacial score (nSPS) is 13.9. The van der Waals surface area contributed by atoms with E-state index < -0.39 is 0 Å².